The largest absolute Gasteiger partial charge is 0.372 e. The number of rotatable bonds is 5. The zero-order valence-electron chi connectivity index (χ0n) is 11.8. The average Bonchev–Trinajstić information content (AvgIpc) is 3.07. The maximum Gasteiger partial charge on any atom is 0.252 e. The molecule has 21 heavy (non-hydrogen) atoms. The molecule has 1 aliphatic carbocycles. The minimum absolute atomic E-state index is 0.0921. The van der Waals surface area contributed by atoms with Crippen LogP contribution in [0.2, 0.25) is 0 Å². The number of nitrogens with one attached hydrogen (secondary N) is 1. The Bertz CT molecular complexity index is 612. The highest BCUT2D eigenvalue weighted by Crippen LogP contribution is 2.32. The fourth-order valence-electron chi connectivity index (χ4n) is 3.03. The van der Waals surface area contributed by atoms with Crippen LogP contribution < -0.4 is 5.32 Å². The Hall–Kier alpha value is -0.470. The molecular formula is C14H20N2O3S2. The minimum Gasteiger partial charge on any atom is -0.372 e. The Labute approximate surface area is 129 Å². The van der Waals surface area contributed by atoms with Crippen molar-refractivity contribution in [3.63, 3.8) is 0 Å². The van der Waals surface area contributed by atoms with E-state index in [1.807, 2.05) is 11.4 Å². The van der Waals surface area contributed by atoms with Gasteiger partial charge in [0.15, 0.2) is 0 Å². The maximum atomic E-state index is 12.7. The van der Waals surface area contributed by atoms with Gasteiger partial charge in [0.1, 0.15) is 4.21 Å². The van der Waals surface area contributed by atoms with Crippen LogP contribution in [0.1, 0.15) is 31.2 Å². The lowest BCUT2D eigenvalue weighted by molar-refractivity contribution is -0.0114. The number of thiophene rings is 1. The van der Waals surface area contributed by atoms with Gasteiger partial charge < -0.3 is 10.1 Å². The molecule has 2 bridgehead atoms. The van der Waals surface area contributed by atoms with Crippen molar-refractivity contribution in [1.82, 2.24) is 9.62 Å². The number of hydrogen-bond acceptors (Lipinski definition) is 5. The molecule has 0 amide bonds. The third-order valence-corrected chi connectivity index (χ3v) is 7.70. The van der Waals surface area contributed by atoms with Crippen LogP contribution in [0.5, 0.6) is 0 Å². The summed E-state index contributed by atoms with van der Waals surface area (Å²) in [5.41, 5.74) is 1.07. The molecule has 1 aromatic heterocycles. The molecule has 5 nitrogen and oxygen atoms in total. The van der Waals surface area contributed by atoms with Gasteiger partial charge in [-0.1, -0.05) is 0 Å². The standard InChI is InChI=1S/C14H20N2O3S2/c17-21(18,16-7-12-3-4-13(8-16)19-12)14-5-10(9-20-14)6-15-11-1-2-11/h5,9,11-13,15H,1-4,6-8H2. The van der Waals surface area contributed by atoms with Crippen LogP contribution in [0.3, 0.4) is 0 Å². The smallest absolute Gasteiger partial charge is 0.252 e. The molecule has 0 spiro atoms. The summed E-state index contributed by atoms with van der Waals surface area (Å²) in [7, 11) is -3.35. The lowest BCUT2D eigenvalue weighted by Crippen LogP contribution is -2.45. The van der Waals surface area contributed by atoms with Gasteiger partial charge in [0.05, 0.1) is 12.2 Å². The third-order valence-electron chi connectivity index (χ3n) is 4.41. The van der Waals surface area contributed by atoms with Crippen molar-refractivity contribution in [2.75, 3.05) is 13.1 Å². The van der Waals surface area contributed by atoms with Gasteiger partial charge in [0.2, 0.25) is 0 Å². The van der Waals surface area contributed by atoms with Gasteiger partial charge in [0.25, 0.3) is 10.0 Å². The van der Waals surface area contributed by atoms with Crippen molar-refractivity contribution in [1.29, 1.82) is 0 Å². The number of ether oxygens (including phenoxy) is 1. The minimum atomic E-state index is -3.35. The highest BCUT2D eigenvalue weighted by Gasteiger charge is 2.39. The molecular weight excluding hydrogens is 308 g/mol. The summed E-state index contributed by atoms with van der Waals surface area (Å²) in [6.07, 6.45) is 4.64. The average molecular weight is 328 g/mol. The Kier molecular flexibility index (Phi) is 3.58. The van der Waals surface area contributed by atoms with Crippen LogP contribution in [-0.2, 0) is 21.3 Å². The lowest BCUT2D eigenvalue weighted by Gasteiger charge is -2.30. The Morgan fingerprint density at radius 2 is 1.95 bits per heavy atom. The second-order valence-electron chi connectivity index (χ2n) is 6.21. The van der Waals surface area contributed by atoms with Gasteiger partial charge in [-0.05, 0) is 42.7 Å². The first-order valence-electron chi connectivity index (χ1n) is 7.58. The second-order valence-corrected chi connectivity index (χ2v) is 9.28. The summed E-state index contributed by atoms with van der Waals surface area (Å²) in [6, 6.07) is 2.46. The van der Waals surface area contributed by atoms with Gasteiger partial charge in [-0.2, -0.15) is 4.31 Å². The van der Waals surface area contributed by atoms with Crippen LogP contribution >= 0.6 is 11.3 Å². The summed E-state index contributed by atoms with van der Waals surface area (Å²) in [5.74, 6) is 0. The van der Waals surface area contributed by atoms with Crippen LogP contribution in [0.25, 0.3) is 0 Å². The molecule has 1 saturated carbocycles. The van der Waals surface area contributed by atoms with Crippen LogP contribution in [0.4, 0.5) is 0 Å². The second kappa shape index (κ2) is 5.31. The molecule has 2 unspecified atom stereocenters. The molecule has 3 heterocycles. The molecule has 3 aliphatic rings. The fourth-order valence-corrected chi connectivity index (χ4v) is 5.90. The van der Waals surface area contributed by atoms with E-state index in [4.69, 9.17) is 4.74 Å². The van der Waals surface area contributed by atoms with Gasteiger partial charge in [-0.3, -0.25) is 0 Å². The Morgan fingerprint density at radius 1 is 1.24 bits per heavy atom. The van der Waals surface area contributed by atoms with Crippen molar-refractivity contribution < 1.29 is 13.2 Å². The van der Waals surface area contributed by atoms with E-state index in [2.05, 4.69) is 5.32 Å². The normalized spacial score (nSPS) is 29.9. The summed E-state index contributed by atoms with van der Waals surface area (Å²) in [4.78, 5) is 0. The molecule has 1 aromatic rings. The number of nitrogens with zero attached hydrogens (tertiary/aromatic N) is 1. The van der Waals surface area contributed by atoms with E-state index >= 15 is 0 Å². The number of hydrogen-bond donors (Lipinski definition) is 1. The van der Waals surface area contributed by atoms with E-state index in [9.17, 15) is 8.42 Å². The van der Waals surface area contributed by atoms with E-state index < -0.39 is 10.0 Å². The van der Waals surface area contributed by atoms with Gasteiger partial charge in [-0.15, -0.1) is 11.3 Å². The van der Waals surface area contributed by atoms with E-state index in [1.165, 1.54) is 24.2 Å². The molecule has 2 saturated heterocycles. The van der Waals surface area contributed by atoms with E-state index in [1.54, 1.807) is 4.31 Å². The summed E-state index contributed by atoms with van der Waals surface area (Å²) in [6.45, 7) is 1.78. The molecule has 4 rings (SSSR count). The molecule has 116 valence electrons. The van der Waals surface area contributed by atoms with Crippen molar-refractivity contribution in [2.24, 2.45) is 0 Å². The highest BCUT2D eigenvalue weighted by molar-refractivity contribution is 7.91. The molecule has 2 atom stereocenters. The molecule has 7 heteroatoms. The van der Waals surface area contributed by atoms with Crippen molar-refractivity contribution >= 4 is 21.4 Å². The van der Waals surface area contributed by atoms with Gasteiger partial charge >= 0.3 is 0 Å². The molecule has 3 fully saturated rings. The highest BCUT2D eigenvalue weighted by atomic mass is 32.2. The van der Waals surface area contributed by atoms with Crippen LogP contribution in [0.15, 0.2) is 15.7 Å². The summed E-state index contributed by atoms with van der Waals surface area (Å²) >= 11 is 1.33. The summed E-state index contributed by atoms with van der Waals surface area (Å²) < 4.78 is 33.3. The van der Waals surface area contributed by atoms with Crippen molar-refractivity contribution in [3.05, 3.63) is 17.0 Å². The van der Waals surface area contributed by atoms with Crippen LogP contribution in [-0.4, -0.2) is 44.1 Å². The fraction of sp³-hybridized carbons (Fsp3) is 0.714. The van der Waals surface area contributed by atoms with Crippen molar-refractivity contribution in [2.45, 2.75) is 54.7 Å². The lowest BCUT2D eigenvalue weighted by atomic mass is 10.2. The van der Waals surface area contributed by atoms with E-state index in [0.29, 0.717) is 23.3 Å². The van der Waals surface area contributed by atoms with E-state index in [0.717, 1.165) is 24.9 Å². The molecule has 2 aliphatic heterocycles. The predicted molar refractivity (Wildman–Crippen MR) is 80.8 cm³/mol. The Balaban J connectivity index is 1.48. The van der Waals surface area contributed by atoms with Gasteiger partial charge in [-0.25, -0.2) is 8.42 Å². The molecule has 0 radical (unpaired) electrons. The molecule has 0 aromatic carbocycles. The first kappa shape index (κ1) is 14.1. The topological polar surface area (TPSA) is 58.6 Å². The number of fused-ring (bicyclic) bond motifs is 2. The zero-order chi connectivity index (χ0) is 14.4. The number of morpholine rings is 1. The zero-order valence-corrected chi connectivity index (χ0v) is 13.5. The van der Waals surface area contributed by atoms with E-state index in [-0.39, 0.29) is 12.2 Å². The van der Waals surface area contributed by atoms with Crippen molar-refractivity contribution in [3.8, 4) is 0 Å². The third kappa shape index (κ3) is 2.90. The predicted octanol–water partition coefficient (Wildman–Crippen LogP) is 1.55. The summed E-state index contributed by atoms with van der Waals surface area (Å²) in [5, 5.41) is 5.38. The SMILES string of the molecule is O=S(=O)(c1cc(CNC2CC2)cs1)N1CC2CCC(C1)O2. The monoisotopic (exact) mass is 328 g/mol. The first-order valence-corrected chi connectivity index (χ1v) is 9.89. The van der Waals surface area contributed by atoms with Gasteiger partial charge in [0, 0.05) is 25.7 Å². The number of sulfonamides is 1. The maximum absolute atomic E-state index is 12.7. The molecule has 1 N–H and O–H groups in total. The Morgan fingerprint density at radius 3 is 2.62 bits per heavy atom. The quantitative estimate of drug-likeness (QED) is 0.891. The van der Waals surface area contributed by atoms with Crippen LogP contribution in [0, 0.1) is 0 Å². The first-order chi connectivity index (χ1) is 10.1.